The highest BCUT2D eigenvalue weighted by Gasteiger charge is 2.34. The molecule has 5 rings (SSSR count). The molecule has 2 heterocycles. The predicted octanol–water partition coefficient (Wildman–Crippen LogP) is 6.17. The summed E-state index contributed by atoms with van der Waals surface area (Å²) >= 11 is 0. The molecule has 33 heavy (non-hydrogen) atoms. The summed E-state index contributed by atoms with van der Waals surface area (Å²) in [5.74, 6) is 2.27. The van der Waals surface area contributed by atoms with E-state index in [4.69, 9.17) is 4.74 Å². The van der Waals surface area contributed by atoms with Gasteiger partial charge in [0.15, 0.2) is 0 Å². The number of nitrogens with zero attached hydrogens (tertiary/aromatic N) is 1. The van der Waals surface area contributed by atoms with Crippen LogP contribution in [0.3, 0.4) is 0 Å². The van der Waals surface area contributed by atoms with Crippen molar-refractivity contribution >= 4 is 5.91 Å². The Kier molecular flexibility index (Phi) is 7.01. The number of hydrogen-bond acceptors (Lipinski definition) is 3. The first-order valence-electron chi connectivity index (χ1n) is 13.1. The molecule has 2 aromatic carbocycles. The van der Waals surface area contributed by atoms with Gasteiger partial charge in [0.25, 0.3) is 0 Å². The number of nitrogens with one attached hydrogen (secondary N) is 1. The second kappa shape index (κ2) is 10.3. The molecule has 2 aliphatic heterocycles. The Morgan fingerprint density at radius 1 is 0.909 bits per heavy atom. The van der Waals surface area contributed by atoms with Crippen LogP contribution in [0, 0.1) is 12.8 Å². The number of para-hydroxylation sites is 1. The van der Waals surface area contributed by atoms with Crippen LogP contribution in [0.2, 0.25) is 0 Å². The fourth-order valence-electron chi connectivity index (χ4n) is 5.98. The monoisotopic (exact) mass is 446 g/mol. The Morgan fingerprint density at radius 2 is 1.61 bits per heavy atom. The molecule has 1 N–H and O–H groups in total. The van der Waals surface area contributed by atoms with E-state index in [9.17, 15) is 4.79 Å². The lowest BCUT2D eigenvalue weighted by molar-refractivity contribution is -0.122. The molecule has 0 spiro atoms. The van der Waals surface area contributed by atoms with Gasteiger partial charge in [-0.05, 0) is 56.2 Å². The van der Waals surface area contributed by atoms with Crippen LogP contribution >= 0.6 is 0 Å². The quantitative estimate of drug-likeness (QED) is 0.610. The molecule has 1 saturated heterocycles. The maximum atomic E-state index is 13.6. The number of rotatable bonds is 4. The number of carbonyl (C=O) groups excluding carboxylic acids is 1. The lowest BCUT2D eigenvalue weighted by Gasteiger charge is -2.36. The van der Waals surface area contributed by atoms with Gasteiger partial charge in [-0.1, -0.05) is 62.4 Å². The molecule has 1 atom stereocenters. The normalized spacial score (nSPS) is 22.4. The first-order valence-corrected chi connectivity index (χ1v) is 13.1. The predicted molar refractivity (Wildman–Crippen MR) is 133 cm³/mol. The maximum Gasteiger partial charge on any atom is 0.232 e. The van der Waals surface area contributed by atoms with E-state index in [-0.39, 0.29) is 17.9 Å². The highest BCUT2D eigenvalue weighted by atomic mass is 16.5. The zero-order chi connectivity index (χ0) is 22.6. The molecule has 4 heteroatoms. The van der Waals surface area contributed by atoms with E-state index in [1.165, 1.54) is 51.5 Å². The minimum atomic E-state index is -0.307. The molecule has 4 nitrogen and oxygen atoms in total. The van der Waals surface area contributed by atoms with Gasteiger partial charge in [-0.2, -0.15) is 0 Å². The fraction of sp³-hybridized carbons (Fsp3) is 0.552. The van der Waals surface area contributed by atoms with Crippen LogP contribution in [0.4, 0.5) is 0 Å². The number of carbonyl (C=O) groups is 1. The number of likely N-dealkylation sites (tertiary alicyclic amines) is 1. The van der Waals surface area contributed by atoms with Crippen molar-refractivity contribution in [3.8, 4) is 11.5 Å². The van der Waals surface area contributed by atoms with Crippen LogP contribution in [-0.4, -0.2) is 36.5 Å². The molecule has 1 unspecified atom stereocenters. The number of hydrogen-bond donors (Lipinski definition) is 1. The van der Waals surface area contributed by atoms with E-state index in [0.29, 0.717) is 0 Å². The standard InChI is InChI=1S/C29H38N2O2/c1-21-13-14-25-27(19-21)33-26-12-8-7-11-24(26)28(25)29(32)30-23-15-17-31(18-16-23)20-22-9-5-3-2-4-6-10-22/h7-8,11-14,19,22-23,28H,2-6,9-10,15-18,20H2,1H3,(H,30,32). The second-order valence-electron chi connectivity index (χ2n) is 10.4. The SMILES string of the molecule is Cc1ccc2c(c1)Oc1ccccc1C2C(=O)NC1CCN(CC2CCCCCCC2)CC1. The lowest BCUT2D eigenvalue weighted by Crippen LogP contribution is -2.47. The van der Waals surface area contributed by atoms with Crippen LogP contribution in [0.1, 0.15) is 80.4 Å². The van der Waals surface area contributed by atoms with Crippen molar-refractivity contribution in [2.45, 2.75) is 76.7 Å². The zero-order valence-electron chi connectivity index (χ0n) is 20.0. The number of piperidine rings is 1. The average Bonchev–Trinajstić information content (AvgIpc) is 2.80. The van der Waals surface area contributed by atoms with Gasteiger partial charge in [-0.15, -0.1) is 0 Å². The highest BCUT2D eigenvalue weighted by molar-refractivity contribution is 5.90. The van der Waals surface area contributed by atoms with E-state index in [0.717, 1.165) is 60.0 Å². The Bertz CT molecular complexity index is 956. The molecule has 1 aliphatic carbocycles. The van der Waals surface area contributed by atoms with E-state index >= 15 is 0 Å². The van der Waals surface area contributed by atoms with E-state index in [1.807, 2.05) is 30.3 Å². The van der Waals surface area contributed by atoms with E-state index in [1.54, 1.807) is 0 Å². The summed E-state index contributed by atoms with van der Waals surface area (Å²) in [6.45, 7) is 5.51. The number of amides is 1. The second-order valence-corrected chi connectivity index (χ2v) is 10.4. The van der Waals surface area contributed by atoms with Gasteiger partial charge < -0.3 is 15.0 Å². The number of fused-ring (bicyclic) bond motifs is 2. The highest BCUT2D eigenvalue weighted by Crippen LogP contribution is 2.44. The molecule has 0 radical (unpaired) electrons. The first kappa shape index (κ1) is 22.5. The van der Waals surface area contributed by atoms with Crippen molar-refractivity contribution in [3.05, 3.63) is 59.2 Å². The summed E-state index contributed by atoms with van der Waals surface area (Å²) in [6, 6.07) is 14.4. The third-order valence-corrected chi connectivity index (χ3v) is 7.87. The summed E-state index contributed by atoms with van der Waals surface area (Å²) in [7, 11) is 0. The number of aryl methyl sites for hydroxylation is 1. The van der Waals surface area contributed by atoms with Gasteiger partial charge in [-0.3, -0.25) is 4.79 Å². The van der Waals surface area contributed by atoms with Crippen LogP contribution in [-0.2, 0) is 4.79 Å². The van der Waals surface area contributed by atoms with Crippen LogP contribution in [0.15, 0.2) is 42.5 Å². The molecule has 0 bridgehead atoms. The van der Waals surface area contributed by atoms with Crippen molar-refractivity contribution in [2.75, 3.05) is 19.6 Å². The van der Waals surface area contributed by atoms with Crippen molar-refractivity contribution < 1.29 is 9.53 Å². The number of benzene rings is 2. The van der Waals surface area contributed by atoms with Gasteiger partial charge >= 0.3 is 0 Å². The van der Waals surface area contributed by atoms with Crippen molar-refractivity contribution in [3.63, 3.8) is 0 Å². The lowest BCUT2D eigenvalue weighted by atomic mass is 9.86. The summed E-state index contributed by atoms with van der Waals surface area (Å²) < 4.78 is 6.14. The van der Waals surface area contributed by atoms with Gasteiger partial charge in [0.1, 0.15) is 11.5 Å². The summed E-state index contributed by atoms with van der Waals surface area (Å²) in [5, 5.41) is 3.41. The third-order valence-electron chi connectivity index (χ3n) is 7.87. The molecule has 2 aromatic rings. The fourth-order valence-corrected chi connectivity index (χ4v) is 5.98. The molecular weight excluding hydrogens is 408 g/mol. The molecule has 0 aromatic heterocycles. The Morgan fingerprint density at radius 3 is 2.39 bits per heavy atom. The smallest absolute Gasteiger partial charge is 0.232 e. The van der Waals surface area contributed by atoms with Crippen molar-refractivity contribution in [2.24, 2.45) is 5.92 Å². The Hall–Kier alpha value is -2.33. The summed E-state index contributed by atoms with van der Waals surface area (Å²) in [5.41, 5.74) is 3.08. The first-order chi connectivity index (χ1) is 16.2. The minimum absolute atomic E-state index is 0.106. The topological polar surface area (TPSA) is 41.6 Å². The maximum absolute atomic E-state index is 13.6. The number of ether oxygens (including phenoxy) is 1. The molecule has 176 valence electrons. The minimum Gasteiger partial charge on any atom is -0.457 e. The van der Waals surface area contributed by atoms with Gasteiger partial charge in [0.2, 0.25) is 5.91 Å². The molecule has 2 fully saturated rings. The van der Waals surface area contributed by atoms with Crippen LogP contribution in [0.25, 0.3) is 0 Å². The van der Waals surface area contributed by atoms with Crippen molar-refractivity contribution in [1.29, 1.82) is 0 Å². The zero-order valence-corrected chi connectivity index (χ0v) is 20.0. The van der Waals surface area contributed by atoms with Crippen LogP contribution < -0.4 is 10.1 Å². The van der Waals surface area contributed by atoms with E-state index in [2.05, 4.69) is 29.3 Å². The van der Waals surface area contributed by atoms with E-state index < -0.39 is 0 Å². The van der Waals surface area contributed by atoms with Gasteiger partial charge in [-0.25, -0.2) is 0 Å². The molecule has 1 saturated carbocycles. The largest absolute Gasteiger partial charge is 0.457 e. The van der Waals surface area contributed by atoms with Gasteiger partial charge in [0, 0.05) is 36.8 Å². The summed E-state index contributed by atoms with van der Waals surface area (Å²) in [4.78, 5) is 16.2. The van der Waals surface area contributed by atoms with Gasteiger partial charge in [0.05, 0.1) is 5.92 Å². The molecule has 3 aliphatic rings. The third kappa shape index (κ3) is 5.27. The van der Waals surface area contributed by atoms with Crippen molar-refractivity contribution in [1.82, 2.24) is 10.2 Å². The molecule has 1 amide bonds. The Labute approximate surface area is 198 Å². The Balaban J connectivity index is 1.21. The van der Waals surface area contributed by atoms with Crippen LogP contribution in [0.5, 0.6) is 11.5 Å². The molecular formula is C29H38N2O2. The summed E-state index contributed by atoms with van der Waals surface area (Å²) in [6.07, 6.45) is 12.0. The average molecular weight is 447 g/mol.